The summed E-state index contributed by atoms with van der Waals surface area (Å²) in [5, 5.41) is 24.9. The quantitative estimate of drug-likeness (QED) is 0.0207. The molecule has 0 aromatic carbocycles. The van der Waals surface area contributed by atoms with Crippen molar-refractivity contribution >= 4 is 13.7 Å². The minimum atomic E-state index is -4.42. The summed E-state index contributed by atoms with van der Waals surface area (Å²) in [4.78, 5) is 23.4. The summed E-state index contributed by atoms with van der Waals surface area (Å²) in [6.45, 7) is 4.63. The Hall–Kier alpha value is -1.32. The van der Waals surface area contributed by atoms with E-state index in [2.05, 4.69) is 55.6 Å². The van der Waals surface area contributed by atoms with E-state index in [-0.39, 0.29) is 12.5 Å². The van der Waals surface area contributed by atoms with Crippen LogP contribution in [0.25, 0.3) is 0 Å². The van der Waals surface area contributed by atoms with Crippen LogP contribution in [0.15, 0.2) is 36.5 Å². The molecule has 0 aliphatic heterocycles. The molecule has 10 heteroatoms. The third-order valence-electron chi connectivity index (χ3n) is 15.5. The van der Waals surface area contributed by atoms with Gasteiger partial charge in [-0.05, 0) is 51.4 Å². The lowest BCUT2D eigenvalue weighted by Crippen LogP contribution is -2.51. The number of carbonyl (C=O) groups excluding carboxylic acids is 1. The van der Waals surface area contributed by atoms with Gasteiger partial charge in [-0.3, -0.25) is 13.8 Å². The van der Waals surface area contributed by atoms with Gasteiger partial charge in [0.05, 0.1) is 39.9 Å². The van der Waals surface area contributed by atoms with E-state index < -0.39 is 32.7 Å². The van der Waals surface area contributed by atoms with E-state index in [9.17, 15) is 24.5 Å². The first-order chi connectivity index (χ1) is 37.4. The van der Waals surface area contributed by atoms with Crippen molar-refractivity contribution in [3.63, 3.8) is 0 Å². The first kappa shape index (κ1) is 75.7. The van der Waals surface area contributed by atoms with Crippen LogP contribution in [0.4, 0.5) is 0 Å². The number of quaternary nitrogens is 1. The van der Waals surface area contributed by atoms with Gasteiger partial charge in [-0.2, -0.15) is 0 Å². The van der Waals surface area contributed by atoms with Crippen LogP contribution in [0.1, 0.15) is 328 Å². The lowest BCUT2D eigenvalue weighted by molar-refractivity contribution is -0.870. The maximum atomic E-state index is 13.0. The van der Waals surface area contributed by atoms with Crippen LogP contribution < -0.4 is 5.32 Å². The zero-order valence-corrected chi connectivity index (χ0v) is 52.7. The van der Waals surface area contributed by atoms with Crippen molar-refractivity contribution in [2.24, 2.45) is 0 Å². The number of aliphatic hydroxyl groups excluding tert-OH is 2. The molecule has 0 spiro atoms. The van der Waals surface area contributed by atoms with Crippen molar-refractivity contribution in [2.45, 2.75) is 347 Å². The monoisotopic (exact) mass is 1110 g/mol. The molecule has 0 saturated carbocycles. The lowest BCUT2D eigenvalue weighted by atomic mass is 9.99. The minimum Gasteiger partial charge on any atom is -0.390 e. The van der Waals surface area contributed by atoms with Crippen LogP contribution in [0.5, 0.6) is 0 Å². The summed E-state index contributed by atoms with van der Waals surface area (Å²) in [6.07, 6.45) is 72.8. The molecule has 0 aromatic rings. The summed E-state index contributed by atoms with van der Waals surface area (Å²) in [5.74, 6) is -0.252. The maximum absolute atomic E-state index is 13.0. The van der Waals surface area contributed by atoms with Gasteiger partial charge in [-0.15, -0.1) is 0 Å². The summed E-state index contributed by atoms with van der Waals surface area (Å²) < 4.78 is 23.7. The van der Waals surface area contributed by atoms with E-state index in [4.69, 9.17) is 9.05 Å². The van der Waals surface area contributed by atoms with E-state index in [0.717, 1.165) is 51.4 Å². The number of hydrogen-bond donors (Lipinski definition) is 4. The number of phosphoric ester groups is 1. The highest BCUT2D eigenvalue weighted by Crippen LogP contribution is 2.43. The highest BCUT2D eigenvalue weighted by atomic mass is 31.2. The molecule has 456 valence electrons. The summed E-state index contributed by atoms with van der Waals surface area (Å²) >= 11 is 0. The largest absolute Gasteiger partial charge is 0.472 e. The highest BCUT2D eigenvalue weighted by Gasteiger charge is 2.32. The molecule has 77 heavy (non-hydrogen) atoms. The average Bonchev–Trinajstić information content (AvgIpc) is 3.39. The third-order valence-corrected chi connectivity index (χ3v) is 16.5. The molecule has 0 aliphatic rings. The van der Waals surface area contributed by atoms with Crippen LogP contribution in [0, 0.1) is 0 Å². The number of phosphoric acid groups is 1. The molecule has 1 amide bonds. The number of rotatable bonds is 62. The van der Waals surface area contributed by atoms with Crippen LogP contribution in [-0.2, 0) is 18.4 Å². The number of amides is 1. The van der Waals surface area contributed by atoms with Crippen molar-refractivity contribution < 1.29 is 38.0 Å². The molecule has 4 unspecified atom stereocenters. The molecule has 4 atom stereocenters. The van der Waals surface area contributed by atoms with E-state index in [1.165, 1.54) is 250 Å². The van der Waals surface area contributed by atoms with E-state index >= 15 is 0 Å². The Morgan fingerprint density at radius 3 is 1.12 bits per heavy atom. The predicted octanol–water partition coefficient (Wildman–Crippen LogP) is 19.9. The standard InChI is InChI=1S/C67H131N2O7P/c1-6-8-10-12-14-16-18-20-21-22-23-24-25-26-27-28-29-30-31-32-33-34-35-36-37-38-39-40-41-42-43-44-45-46-47-48-50-52-54-56-58-60-66(71)68-64(63-76-77(73,74)75-62-61-69(3,4)5)67(72)65(70)59-57-55-53-51-49-19-17-15-13-11-9-7-2/h18,20,22-23,25-26,64-65,67,70,72H,6-17,19,21,24,27-63H2,1-5H3,(H-,68,71,73,74)/p+1/b20-18-,23-22-,26-25-. The molecule has 0 aromatic heterocycles. The second-order valence-electron chi connectivity index (χ2n) is 24.3. The normalized spacial score (nSPS) is 14.3. The predicted molar refractivity (Wildman–Crippen MR) is 334 cm³/mol. The van der Waals surface area contributed by atoms with Crippen molar-refractivity contribution in [1.82, 2.24) is 5.32 Å². The maximum Gasteiger partial charge on any atom is 0.472 e. The number of aliphatic hydroxyl groups is 2. The van der Waals surface area contributed by atoms with Gasteiger partial charge < -0.3 is 24.9 Å². The van der Waals surface area contributed by atoms with Crippen molar-refractivity contribution in [3.8, 4) is 0 Å². The fraction of sp³-hybridized carbons (Fsp3) is 0.896. The van der Waals surface area contributed by atoms with Crippen molar-refractivity contribution in [1.29, 1.82) is 0 Å². The Labute approximate surface area is 479 Å². The summed E-state index contributed by atoms with van der Waals surface area (Å²) in [6, 6.07) is -1.03. The molecule has 0 fully saturated rings. The fourth-order valence-electron chi connectivity index (χ4n) is 10.2. The highest BCUT2D eigenvalue weighted by molar-refractivity contribution is 7.47. The molecule has 9 nitrogen and oxygen atoms in total. The van der Waals surface area contributed by atoms with Gasteiger partial charge in [0.25, 0.3) is 0 Å². The molecule has 4 N–H and O–H groups in total. The van der Waals surface area contributed by atoms with Crippen LogP contribution in [0.3, 0.4) is 0 Å². The number of carbonyl (C=O) groups is 1. The molecule has 0 rings (SSSR count). The molecular formula is C67H132N2O7P+. The number of hydrogen-bond acceptors (Lipinski definition) is 6. The van der Waals surface area contributed by atoms with Crippen LogP contribution >= 0.6 is 7.82 Å². The lowest BCUT2D eigenvalue weighted by Gasteiger charge is -2.28. The molecule has 0 saturated heterocycles. The van der Waals surface area contributed by atoms with Gasteiger partial charge in [0, 0.05) is 6.42 Å². The second kappa shape index (κ2) is 57.9. The van der Waals surface area contributed by atoms with Gasteiger partial charge in [-0.25, -0.2) is 4.57 Å². The number of likely N-dealkylation sites (N-methyl/N-ethyl adjacent to an activating group) is 1. The first-order valence-corrected chi connectivity index (χ1v) is 34.9. The molecule has 0 heterocycles. The average molecular weight is 1110 g/mol. The summed E-state index contributed by atoms with van der Waals surface area (Å²) in [5.41, 5.74) is 0. The van der Waals surface area contributed by atoms with Crippen molar-refractivity contribution in [2.75, 3.05) is 40.9 Å². The zero-order valence-electron chi connectivity index (χ0n) is 51.8. The molecular weight excluding hydrogens is 976 g/mol. The van der Waals surface area contributed by atoms with E-state index in [0.29, 0.717) is 23.9 Å². The Balaban J connectivity index is 3.88. The van der Waals surface area contributed by atoms with Crippen LogP contribution in [0.2, 0.25) is 0 Å². The smallest absolute Gasteiger partial charge is 0.390 e. The number of allylic oxidation sites excluding steroid dienone is 6. The number of nitrogens with zero attached hydrogens (tertiary/aromatic N) is 1. The van der Waals surface area contributed by atoms with Gasteiger partial charge >= 0.3 is 7.82 Å². The van der Waals surface area contributed by atoms with Gasteiger partial charge in [0.2, 0.25) is 5.91 Å². The Kier molecular flexibility index (Phi) is 56.9. The molecule has 0 aliphatic carbocycles. The van der Waals surface area contributed by atoms with E-state index in [1.54, 1.807) is 0 Å². The van der Waals surface area contributed by atoms with Gasteiger partial charge in [0.1, 0.15) is 19.3 Å². The van der Waals surface area contributed by atoms with Crippen LogP contribution in [-0.4, -0.2) is 84.6 Å². The van der Waals surface area contributed by atoms with Gasteiger partial charge in [-0.1, -0.05) is 307 Å². The molecule has 0 radical (unpaired) electrons. The molecule has 0 bridgehead atoms. The number of unbranched alkanes of at least 4 members (excludes halogenated alkanes) is 42. The Bertz CT molecular complexity index is 1370. The second-order valence-corrected chi connectivity index (χ2v) is 25.8. The zero-order chi connectivity index (χ0) is 56.4. The number of nitrogens with one attached hydrogen (secondary N) is 1. The van der Waals surface area contributed by atoms with Crippen molar-refractivity contribution in [3.05, 3.63) is 36.5 Å². The Morgan fingerprint density at radius 2 is 0.766 bits per heavy atom. The Morgan fingerprint density at radius 1 is 0.455 bits per heavy atom. The van der Waals surface area contributed by atoms with E-state index in [1.807, 2.05) is 21.1 Å². The minimum absolute atomic E-state index is 0.0242. The SMILES string of the molecule is CCCCCCC/C=C\C/C=C\C/C=C\CCCCCCCCCCCCCCCCCCCCCCCCCCCCC(=O)NC(COP(=O)(O)OCC[N+](C)(C)C)C(O)C(O)CCCCCCCCCCCCCC. The summed E-state index contributed by atoms with van der Waals surface area (Å²) in [7, 11) is 1.45. The fourth-order valence-corrected chi connectivity index (χ4v) is 10.9. The topological polar surface area (TPSA) is 125 Å². The van der Waals surface area contributed by atoms with Gasteiger partial charge in [0.15, 0.2) is 0 Å². The first-order valence-electron chi connectivity index (χ1n) is 33.4. The third kappa shape index (κ3) is 59.1.